The third kappa shape index (κ3) is 5.38. The summed E-state index contributed by atoms with van der Waals surface area (Å²) in [5.74, 6) is 3.39. The number of rotatable bonds is 7. The normalized spacial score (nSPS) is 11.3. The molecule has 2 heterocycles. The van der Waals surface area contributed by atoms with Crippen molar-refractivity contribution in [3.05, 3.63) is 188 Å². The van der Waals surface area contributed by atoms with Crippen LogP contribution in [0.5, 0.6) is 0 Å². The molecule has 0 aliphatic carbocycles. The van der Waals surface area contributed by atoms with E-state index in [1.54, 1.807) is 0 Å². The molecule has 3 nitrogen and oxygen atoms in total. The second-order valence-electron chi connectivity index (χ2n) is 12.2. The van der Waals surface area contributed by atoms with Gasteiger partial charge in [-0.3, -0.25) is 0 Å². The largest absolute Gasteiger partial charge is 0.456 e. The third-order valence-corrected chi connectivity index (χ3v) is 9.14. The lowest BCUT2D eigenvalue weighted by atomic mass is 9.98. The van der Waals surface area contributed by atoms with Crippen molar-refractivity contribution in [3.8, 4) is 45.3 Å². The maximum absolute atomic E-state index is 6.29. The van der Waals surface area contributed by atoms with E-state index in [0.29, 0.717) is 0 Å². The average Bonchev–Trinajstić information content (AvgIpc) is 3.88. The Kier molecular flexibility index (Phi) is 7.14. The van der Waals surface area contributed by atoms with E-state index in [4.69, 9.17) is 8.83 Å². The topological polar surface area (TPSA) is 29.5 Å². The lowest BCUT2D eigenvalue weighted by Crippen LogP contribution is -2.10. The maximum Gasteiger partial charge on any atom is 0.134 e. The minimum atomic E-state index is 0.839. The number of nitrogens with zero attached hydrogens (tertiary/aromatic N) is 1. The molecule has 0 amide bonds. The molecule has 3 heteroatoms. The van der Waals surface area contributed by atoms with Crippen molar-refractivity contribution >= 4 is 38.6 Å². The van der Waals surface area contributed by atoms with Gasteiger partial charge in [-0.05, 0) is 95.0 Å². The Hall–Kier alpha value is -6.58. The molecule has 0 aliphatic heterocycles. The molecule has 0 unspecified atom stereocenters. The van der Waals surface area contributed by atoms with Gasteiger partial charge in [0.25, 0.3) is 0 Å². The zero-order valence-electron chi connectivity index (χ0n) is 26.7. The highest BCUT2D eigenvalue weighted by Gasteiger charge is 2.18. The van der Waals surface area contributed by atoms with Crippen molar-refractivity contribution < 1.29 is 8.83 Å². The summed E-state index contributed by atoms with van der Waals surface area (Å²) in [6.45, 7) is 0. The summed E-state index contributed by atoms with van der Waals surface area (Å²) in [7, 11) is 0. The van der Waals surface area contributed by atoms with E-state index in [1.165, 1.54) is 21.5 Å². The molecule has 49 heavy (non-hydrogen) atoms. The van der Waals surface area contributed by atoms with Crippen LogP contribution in [-0.2, 0) is 0 Å². The molecule has 0 radical (unpaired) electrons. The van der Waals surface area contributed by atoms with Gasteiger partial charge in [-0.1, -0.05) is 109 Å². The average molecular weight is 630 g/mol. The highest BCUT2D eigenvalue weighted by molar-refractivity contribution is 6.14. The molecule has 0 spiro atoms. The van der Waals surface area contributed by atoms with Crippen LogP contribution in [0.15, 0.2) is 197 Å². The molecule has 2 aromatic heterocycles. The monoisotopic (exact) mass is 629 g/mol. The van der Waals surface area contributed by atoms with Gasteiger partial charge in [-0.25, -0.2) is 0 Å². The van der Waals surface area contributed by atoms with Gasteiger partial charge in [-0.15, -0.1) is 0 Å². The van der Waals surface area contributed by atoms with Crippen molar-refractivity contribution in [1.82, 2.24) is 0 Å². The first-order valence-corrected chi connectivity index (χ1v) is 16.5. The predicted octanol–water partition coefficient (Wildman–Crippen LogP) is 13.3. The first-order valence-electron chi connectivity index (χ1n) is 16.5. The van der Waals surface area contributed by atoms with Crippen LogP contribution in [0.1, 0.15) is 0 Å². The van der Waals surface area contributed by atoms with Gasteiger partial charge >= 0.3 is 0 Å². The van der Waals surface area contributed by atoms with Gasteiger partial charge in [0.2, 0.25) is 0 Å². The van der Waals surface area contributed by atoms with Crippen molar-refractivity contribution in [3.63, 3.8) is 0 Å². The fraction of sp³-hybridized carbons (Fsp3) is 0. The molecule has 0 saturated heterocycles. The van der Waals surface area contributed by atoms with Crippen molar-refractivity contribution in [2.24, 2.45) is 0 Å². The molecule has 0 saturated carbocycles. The van der Waals surface area contributed by atoms with E-state index < -0.39 is 0 Å². The minimum absolute atomic E-state index is 0.839. The van der Waals surface area contributed by atoms with Crippen molar-refractivity contribution in [1.29, 1.82) is 0 Å². The SMILES string of the molecule is c1ccc(-c2ccc(-c3ccc(N(c4ccc(-c5ccc(-c6ccccc6)o5)cc4)c4cc5ccccc5c5ccccc45)cc3)o2)cc1. The summed E-state index contributed by atoms with van der Waals surface area (Å²) < 4.78 is 12.6. The van der Waals surface area contributed by atoms with Crippen LogP contribution in [0.3, 0.4) is 0 Å². The Morgan fingerprint density at radius 2 is 0.694 bits per heavy atom. The third-order valence-electron chi connectivity index (χ3n) is 9.14. The molecule has 9 aromatic rings. The van der Waals surface area contributed by atoms with Crippen LogP contribution in [0, 0.1) is 0 Å². The molecule has 9 rings (SSSR count). The van der Waals surface area contributed by atoms with E-state index in [0.717, 1.165) is 62.4 Å². The Morgan fingerprint density at radius 3 is 1.18 bits per heavy atom. The second kappa shape index (κ2) is 12.2. The molecule has 7 aromatic carbocycles. The molecular weight excluding hydrogens is 599 g/mol. The number of fused-ring (bicyclic) bond motifs is 3. The molecular formula is C46H31NO2. The zero-order valence-corrected chi connectivity index (χ0v) is 26.7. The van der Waals surface area contributed by atoms with E-state index in [1.807, 2.05) is 60.7 Å². The van der Waals surface area contributed by atoms with E-state index in [-0.39, 0.29) is 0 Å². The van der Waals surface area contributed by atoms with E-state index >= 15 is 0 Å². The molecule has 0 fully saturated rings. The van der Waals surface area contributed by atoms with Gasteiger partial charge in [-0.2, -0.15) is 0 Å². The lowest BCUT2D eigenvalue weighted by Gasteiger charge is -2.28. The van der Waals surface area contributed by atoms with Crippen molar-refractivity contribution in [2.45, 2.75) is 0 Å². The standard InChI is InChI=1S/C46H31NO2/c1-3-11-32(12-4-1)43-27-29-45(48-43)34-19-23-37(24-20-34)47(42-31-36-15-7-8-16-39(36)40-17-9-10-18-41(40)42)38-25-21-35(22-26-38)46-30-28-44(49-46)33-13-5-2-6-14-33/h1-31H. The first kappa shape index (κ1) is 28.6. The number of hydrogen-bond acceptors (Lipinski definition) is 3. The fourth-order valence-corrected chi connectivity index (χ4v) is 6.70. The summed E-state index contributed by atoms with van der Waals surface area (Å²) >= 11 is 0. The molecule has 0 N–H and O–H groups in total. The quantitative estimate of drug-likeness (QED) is 0.164. The Bertz CT molecular complexity index is 2410. The molecule has 232 valence electrons. The maximum atomic E-state index is 6.29. The smallest absolute Gasteiger partial charge is 0.134 e. The van der Waals surface area contributed by atoms with Gasteiger partial charge < -0.3 is 13.7 Å². The number of furan rings is 2. The highest BCUT2D eigenvalue weighted by atomic mass is 16.3. The summed E-state index contributed by atoms with van der Waals surface area (Å²) in [5.41, 5.74) is 7.40. The molecule has 0 atom stereocenters. The Balaban J connectivity index is 1.13. The van der Waals surface area contributed by atoms with Crippen LogP contribution in [0.2, 0.25) is 0 Å². The number of benzene rings is 7. The second-order valence-corrected chi connectivity index (χ2v) is 12.2. The Morgan fingerprint density at radius 1 is 0.306 bits per heavy atom. The zero-order chi connectivity index (χ0) is 32.6. The summed E-state index contributed by atoms with van der Waals surface area (Å²) in [5, 5.41) is 4.85. The molecule has 0 bridgehead atoms. The lowest BCUT2D eigenvalue weighted by molar-refractivity contribution is 0.597. The number of hydrogen-bond donors (Lipinski definition) is 0. The van der Waals surface area contributed by atoms with Gasteiger partial charge in [0.05, 0.1) is 5.69 Å². The van der Waals surface area contributed by atoms with Gasteiger partial charge in [0, 0.05) is 39.0 Å². The van der Waals surface area contributed by atoms with Crippen LogP contribution in [0.25, 0.3) is 66.8 Å². The van der Waals surface area contributed by atoms with Gasteiger partial charge in [0.1, 0.15) is 23.0 Å². The first-order chi connectivity index (χ1) is 24.3. The number of anilines is 3. The van der Waals surface area contributed by atoms with Crippen LogP contribution < -0.4 is 4.90 Å². The van der Waals surface area contributed by atoms with Crippen LogP contribution in [-0.4, -0.2) is 0 Å². The van der Waals surface area contributed by atoms with Crippen molar-refractivity contribution in [2.75, 3.05) is 4.90 Å². The molecule has 0 aliphatic rings. The van der Waals surface area contributed by atoms with Crippen LogP contribution in [0.4, 0.5) is 17.1 Å². The summed E-state index contributed by atoms with van der Waals surface area (Å²) in [4.78, 5) is 2.34. The highest BCUT2D eigenvalue weighted by Crippen LogP contribution is 2.43. The van der Waals surface area contributed by atoms with E-state index in [2.05, 4.69) is 132 Å². The van der Waals surface area contributed by atoms with Crippen LogP contribution >= 0.6 is 0 Å². The summed E-state index contributed by atoms with van der Waals surface area (Å²) in [6, 6.07) is 65.4. The fourth-order valence-electron chi connectivity index (χ4n) is 6.70. The minimum Gasteiger partial charge on any atom is -0.456 e. The Labute approximate surface area is 284 Å². The van der Waals surface area contributed by atoms with Gasteiger partial charge in [0.15, 0.2) is 0 Å². The van der Waals surface area contributed by atoms with E-state index in [9.17, 15) is 0 Å². The summed E-state index contributed by atoms with van der Waals surface area (Å²) in [6.07, 6.45) is 0. The predicted molar refractivity (Wildman–Crippen MR) is 202 cm³/mol.